The summed E-state index contributed by atoms with van der Waals surface area (Å²) in [5, 5.41) is 0.813. The zero-order valence-electron chi connectivity index (χ0n) is 10.4. The second-order valence-corrected chi connectivity index (χ2v) is 4.14. The van der Waals surface area contributed by atoms with Crippen LogP contribution in [0.15, 0.2) is 61.6 Å². The molecule has 0 spiro atoms. The number of fused-ring (bicyclic) bond motifs is 7. The Morgan fingerprint density at radius 1 is 1.05 bits per heavy atom. The van der Waals surface area contributed by atoms with E-state index in [9.17, 15) is 9.59 Å². The highest BCUT2D eigenvalue weighted by Gasteiger charge is 1.99. The molecule has 0 unspecified atom stereocenters. The van der Waals surface area contributed by atoms with Crippen LogP contribution in [0.3, 0.4) is 0 Å². The third-order valence-corrected chi connectivity index (χ3v) is 2.71. The quantitative estimate of drug-likeness (QED) is 0.625. The first-order valence-corrected chi connectivity index (χ1v) is 6.04. The van der Waals surface area contributed by atoms with Crippen molar-refractivity contribution in [2.75, 3.05) is 0 Å². The fourth-order valence-corrected chi connectivity index (χ4v) is 1.66. The van der Waals surface area contributed by atoms with Crippen LogP contribution in [0.5, 0.6) is 0 Å². The molecule has 3 rings (SSSR count). The molecule has 19 heavy (non-hydrogen) atoms. The maximum atomic E-state index is 11.8. The first-order valence-electron chi connectivity index (χ1n) is 6.04. The molecule has 3 aromatic rings. The third kappa shape index (κ3) is 3.31. The molecule has 2 aromatic heterocycles. The van der Waals surface area contributed by atoms with E-state index < -0.39 is 11.3 Å². The van der Waals surface area contributed by atoms with Crippen molar-refractivity contribution < 1.29 is 8.83 Å². The van der Waals surface area contributed by atoms with E-state index in [4.69, 9.17) is 8.83 Å². The zero-order valence-corrected chi connectivity index (χ0v) is 10.4. The average molecular weight is 258 g/mol. The van der Waals surface area contributed by atoms with Crippen LogP contribution in [-0.2, 0) is 6.42 Å². The minimum Gasteiger partial charge on any atom is -0.427 e. The molecule has 2 heterocycles. The molecular weight excluding hydrogens is 244 g/mol. The molecule has 98 valence electrons. The summed E-state index contributed by atoms with van der Waals surface area (Å²) in [6.07, 6.45) is 5.08. The second kappa shape index (κ2) is 6.00. The van der Waals surface area contributed by atoms with Crippen LogP contribution in [-0.4, -0.2) is 0 Å². The fourth-order valence-electron chi connectivity index (χ4n) is 1.66. The predicted molar refractivity (Wildman–Crippen MR) is 73.0 cm³/mol. The highest BCUT2D eigenvalue weighted by atomic mass is 16.4. The highest BCUT2D eigenvalue weighted by molar-refractivity contribution is 5.60. The normalized spacial score (nSPS) is 10.3. The van der Waals surface area contributed by atoms with Crippen LogP contribution >= 0.6 is 0 Å². The van der Waals surface area contributed by atoms with Gasteiger partial charge in [0.05, 0.1) is 10.8 Å². The summed E-state index contributed by atoms with van der Waals surface area (Å²) in [5.74, 6) is 0.350. The Labute approximate surface area is 109 Å². The Hall–Kier alpha value is -2.36. The lowest BCUT2D eigenvalue weighted by Crippen LogP contribution is -2.01. The van der Waals surface area contributed by atoms with Gasteiger partial charge < -0.3 is 8.83 Å². The molecule has 4 heteroatoms. The van der Waals surface area contributed by atoms with E-state index in [-0.39, 0.29) is 0 Å². The molecule has 0 aliphatic rings. The SMILES string of the molecule is C=CCCCc1coc(=O)c2ccc(cc2)c(=O)o1. The Bertz CT molecular complexity index is 702. The van der Waals surface area contributed by atoms with Gasteiger partial charge in [0.2, 0.25) is 0 Å². The maximum Gasteiger partial charge on any atom is 0.343 e. The molecule has 1 aromatic carbocycles. The Morgan fingerprint density at radius 2 is 1.68 bits per heavy atom. The van der Waals surface area contributed by atoms with Gasteiger partial charge in [-0.15, -0.1) is 6.58 Å². The van der Waals surface area contributed by atoms with Crippen molar-refractivity contribution in [3.05, 3.63) is 69.8 Å². The molecular formula is C15H14O4. The lowest BCUT2D eigenvalue weighted by Gasteiger charge is -1.95. The monoisotopic (exact) mass is 258 g/mol. The first kappa shape index (κ1) is 13.1. The topological polar surface area (TPSA) is 60.4 Å². The van der Waals surface area contributed by atoms with E-state index in [2.05, 4.69) is 6.58 Å². The van der Waals surface area contributed by atoms with Crippen molar-refractivity contribution >= 4 is 10.8 Å². The van der Waals surface area contributed by atoms with Crippen molar-refractivity contribution in [2.45, 2.75) is 19.3 Å². The number of rotatable bonds is 4. The zero-order chi connectivity index (χ0) is 13.7. The molecule has 0 aliphatic carbocycles. The number of aryl methyl sites for hydroxylation is 1. The maximum absolute atomic E-state index is 11.8. The second-order valence-electron chi connectivity index (χ2n) is 4.14. The van der Waals surface area contributed by atoms with Gasteiger partial charge >= 0.3 is 11.3 Å². The lowest BCUT2D eigenvalue weighted by molar-refractivity contribution is 0.422. The van der Waals surface area contributed by atoms with Crippen LogP contribution in [0.2, 0.25) is 0 Å². The summed E-state index contributed by atoms with van der Waals surface area (Å²) >= 11 is 0. The van der Waals surface area contributed by atoms with E-state index in [1.54, 1.807) is 18.2 Å². The Morgan fingerprint density at radius 3 is 2.32 bits per heavy atom. The van der Waals surface area contributed by atoms with Gasteiger partial charge in [-0.2, -0.15) is 0 Å². The molecule has 0 saturated heterocycles. The molecule has 0 radical (unpaired) electrons. The highest BCUT2D eigenvalue weighted by Crippen LogP contribution is 2.04. The van der Waals surface area contributed by atoms with Crippen molar-refractivity contribution in [3.63, 3.8) is 0 Å². The summed E-state index contributed by atoms with van der Waals surface area (Å²) in [7, 11) is 0. The predicted octanol–water partition coefficient (Wildman–Crippen LogP) is 2.82. The minimum atomic E-state index is -0.467. The molecule has 0 saturated carbocycles. The summed E-state index contributed by atoms with van der Waals surface area (Å²) in [6, 6.07) is 6.17. The van der Waals surface area contributed by atoms with Crippen LogP contribution in [0, 0.1) is 0 Å². The average Bonchev–Trinajstić information content (AvgIpc) is 2.44. The number of hydrogen-bond acceptors (Lipinski definition) is 4. The molecule has 0 amide bonds. The number of allylic oxidation sites excluding steroid dienone is 1. The Balaban J connectivity index is 2.57. The van der Waals surface area contributed by atoms with E-state index in [0.29, 0.717) is 23.0 Å². The molecule has 0 fully saturated rings. The number of unbranched alkanes of at least 4 members (excludes halogenated alkanes) is 1. The summed E-state index contributed by atoms with van der Waals surface area (Å²) in [4.78, 5) is 23.5. The van der Waals surface area contributed by atoms with Crippen LogP contribution in [0.4, 0.5) is 0 Å². The van der Waals surface area contributed by atoms with Gasteiger partial charge in [0, 0.05) is 6.42 Å². The van der Waals surface area contributed by atoms with Crippen molar-refractivity contribution in [1.82, 2.24) is 0 Å². The van der Waals surface area contributed by atoms with Gasteiger partial charge in [-0.25, -0.2) is 9.59 Å². The molecule has 0 aliphatic heterocycles. The molecule has 2 bridgehead atoms. The minimum absolute atomic E-state index is 0.350. The summed E-state index contributed by atoms with van der Waals surface area (Å²) < 4.78 is 10.2. The summed E-state index contributed by atoms with van der Waals surface area (Å²) in [5.41, 5.74) is -0.917. The summed E-state index contributed by atoms with van der Waals surface area (Å²) in [6.45, 7) is 3.62. The van der Waals surface area contributed by atoms with Crippen molar-refractivity contribution in [2.24, 2.45) is 0 Å². The molecule has 0 atom stereocenters. The van der Waals surface area contributed by atoms with Gasteiger partial charge in [0.1, 0.15) is 12.0 Å². The van der Waals surface area contributed by atoms with Crippen LogP contribution < -0.4 is 11.3 Å². The van der Waals surface area contributed by atoms with Gasteiger partial charge in [0.25, 0.3) is 0 Å². The number of hydrogen-bond donors (Lipinski definition) is 0. The Kier molecular flexibility index (Phi) is 4.13. The smallest absolute Gasteiger partial charge is 0.343 e. The standard InChI is InChI=1S/C15H14O4/c1-2-3-4-5-13-10-18-14(16)11-6-8-12(9-7-11)15(17)19-13/h2,6-10H,1,3-5H2. The largest absolute Gasteiger partial charge is 0.427 e. The van der Waals surface area contributed by atoms with E-state index in [1.807, 2.05) is 0 Å². The van der Waals surface area contributed by atoms with Crippen molar-refractivity contribution in [1.29, 1.82) is 0 Å². The molecule has 4 nitrogen and oxygen atoms in total. The number of benzene rings is 1. The fraction of sp³-hybridized carbons (Fsp3) is 0.200. The molecule has 0 N–H and O–H groups in total. The van der Waals surface area contributed by atoms with Gasteiger partial charge in [-0.3, -0.25) is 0 Å². The van der Waals surface area contributed by atoms with E-state index in [1.165, 1.54) is 18.4 Å². The van der Waals surface area contributed by atoms with Gasteiger partial charge in [-0.05, 0) is 37.1 Å². The van der Waals surface area contributed by atoms with Crippen LogP contribution in [0.1, 0.15) is 18.6 Å². The van der Waals surface area contributed by atoms with Crippen molar-refractivity contribution in [3.8, 4) is 0 Å². The van der Waals surface area contributed by atoms with E-state index >= 15 is 0 Å². The van der Waals surface area contributed by atoms with E-state index in [0.717, 1.165) is 12.8 Å². The van der Waals surface area contributed by atoms with Gasteiger partial charge in [0.15, 0.2) is 0 Å². The first-order chi connectivity index (χ1) is 9.20. The third-order valence-electron chi connectivity index (χ3n) is 2.71. The van der Waals surface area contributed by atoms with Crippen LogP contribution in [0.25, 0.3) is 10.8 Å². The van der Waals surface area contributed by atoms with Gasteiger partial charge in [-0.1, -0.05) is 6.08 Å². The lowest BCUT2D eigenvalue weighted by atomic mass is 10.2.